The highest BCUT2D eigenvalue weighted by Crippen LogP contribution is 2.21. The fourth-order valence-corrected chi connectivity index (χ4v) is 3.51. The number of aliphatic imine (C=N–C) groups is 1. The van der Waals surface area contributed by atoms with E-state index >= 15 is 0 Å². The maximum atomic E-state index is 13.6. The Hall–Kier alpha value is -2.19. The summed E-state index contributed by atoms with van der Waals surface area (Å²) in [6.45, 7) is 5.55. The van der Waals surface area contributed by atoms with Gasteiger partial charge < -0.3 is 25.0 Å². The number of nitrogens with one attached hydrogen (secondary N) is 2. The topological polar surface area (TPSA) is 75.2 Å². The number of nitrogens with zero attached hydrogens (tertiary/aromatic N) is 2. The quantitative estimate of drug-likeness (QED) is 0.449. The monoisotopic (exact) mass is 392 g/mol. The van der Waals surface area contributed by atoms with Crippen molar-refractivity contribution in [1.82, 2.24) is 15.5 Å². The molecule has 2 heterocycles. The van der Waals surface area contributed by atoms with Gasteiger partial charge in [-0.15, -0.1) is 0 Å². The second-order valence-electron chi connectivity index (χ2n) is 7.10. The molecule has 1 aromatic carbocycles. The molecule has 2 unspecified atom stereocenters. The maximum Gasteiger partial charge on any atom is 0.251 e. The van der Waals surface area contributed by atoms with Gasteiger partial charge in [0.15, 0.2) is 5.96 Å². The first-order valence-electron chi connectivity index (χ1n) is 9.81. The number of hydrogen-bond acceptors (Lipinski definition) is 4. The standard InChI is InChI=1S/C20H29FN4O3/c1-14-5-6-15(12-16(14)21)19(26)23-7-8-24-20(22-2)25-9-11-28-18(13-25)17-4-3-10-27-17/h5-6,12,17-18H,3-4,7-11,13H2,1-2H3,(H,22,24)(H,23,26). The number of ether oxygens (including phenoxy) is 2. The molecule has 0 aliphatic carbocycles. The van der Waals surface area contributed by atoms with Crippen molar-refractivity contribution in [1.29, 1.82) is 0 Å². The van der Waals surface area contributed by atoms with E-state index in [0.29, 0.717) is 30.8 Å². The number of morpholine rings is 1. The average Bonchev–Trinajstić information content (AvgIpc) is 3.25. The predicted octanol–water partition coefficient (Wildman–Crippen LogP) is 1.32. The fourth-order valence-electron chi connectivity index (χ4n) is 3.51. The van der Waals surface area contributed by atoms with Gasteiger partial charge in [-0.1, -0.05) is 6.07 Å². The van der Waals surface area contributed by atoms with Crippen molar-refractivity contribution < 1.29 is 18.7 Å². The Bertz CT molecular complexity index is 707. The molecular weight excluding hydrogens is 363 g/mol. The smallest absolute Gasteiger partial charge is 0.251 e. The number of hydrogen-bond donors (Lipinski definition) is 2. The van der Waals surface area contributed by atoms with E-state index in [0.717, 1.165) is 38.5 Å². The SMILES string of the molecule is CN=C(NCCNC(=O)c1ccc(C)c(F)c1)N1CCOC(C2CCCO2)C1. The Morgan fingerprint density at radius 3 is 2.75 bits per heavy atom. The van der Waals surface area contributed by atoms with Crippen molar-refractivity contribution in [3.05, 3.63) is 35.1 Å². The number of benzene rings is 1. The summed E-state index contributed by atoms with van der Waals surface area (Å²) in [6, 6.07) is 4.49. The minimum atomic E-state index is -0.376. The molecule has 0 aromatic heterocycles. The molecule has 0 radical (unpaired) electrons. The molecule has 7 nitrogen and oxygen atoms in total. The molecule has 0 bridgehead atoms. The lowest BCUT2D eigenvalue weighted by molar-refractivity contribution is -0.0816. The predicted molar refractivity (Wildman–Crippen MR) is 105 cm³/mol. The zero-order chi connectivity index (χ0) is 19.9. The molecule has 2 aliphatic rings. The van der Waals surface area contributed by atoms with Gasteiger partial charge in [-0.25, -0.2) is 4.39 Å². The largest absolute Gasteiger partial charge is 0.375 e. The molecular formula is C20H29FN4O3. The van der Waals surface area contributed by atoms with Crippen molar-refractivity contribution in [3.8, 4) is 0 Å². The highest BCUT2D eigenvalue weighted by molar-refractivity contribution is 5.94. The van der Waals surface area contributed by atoms with E-state index < -0.39 is 0 Å². The lowest BCUT2D eigenvalue weighted by Gasteiger charge is -2.37. The van der Waals surface area contributed by atoms with Gasteiger partial charge in [-0.2, -0.15) is 0 Å². The van der Waals surface area contributed by atoms with Crippen molar-refractivity contribution in [3.63, 3.8) is 0 Å². The van der Waals surface area contributed by atoms with Crippen molar-refractivity contribution in [2.45, 2.75) is 32.0 Å². The van der Waals surface area contributed by atoms with E-state index in [1.54, 1.807) is 26.1 Å². The third-order valence-corrected chi connectivity index (χ3v) is 5.11. The zero-order valence-electron chi connectivity index (χ0n) is 16.5. The van der Waals surface area contributed by atoms with Crippen LogP contribution in [0, 0.1) is 12.7 Å². The second-order valence-corrected chi connectivity index (χ2v) is 7.10. The first-order chi connectivity index (χ1) is 13.6. The molecule has 8 heteroatoms. The van der Waals surface area contributed by atoms with Crippen LogP contribution in [0.25, 0.3) is 0 Å². The van der Waals surface area contributed by atoms with Gasteiger partial charge in [0.1, 0.15) is 11.9 Å². The van der Waals surface area contributed by atoms with Gasteiger partial charge in [0.2, 0.25) is 0 Å². The minimum Gasteiger partial charge on any atom is -0.375 e. The van der Waals surface area contributed by atoms with Crippen LogP contribution in [0.2, 0.25) is 0 Å². The average molecular weight is 392 g/mol. The molecule has 2 saturated heterocycles. The van der Waals surface area contributed by atoms with Gasteiger partial charge in [0.25, 0.3) is 5.91 Å². The number of amides is 1. The Morgan fingerprint density at radius 2 is 2.04 bits per heavy atom. The summed E-state index contributed by atoms with van der Waals surface area (Å²) in [4.78, 5) is 18.6. The highest BCUT2D eigenvalue weighted by atomic mass is 19.1. The highest BCUT2D eigenvalue weighted by Gasteiger charge is 2.32. The van der Waals surface area contributed by atoms with E-state index in [-0.39, 0.29) is 23.9 Å². The Labute approximate surface area is 165 Å². The fraction of sp³-hybridized carbons (Fsp3) is 0.600. The van der Waals surface area contributed by atoms with Crippen molar-refractivity contribution in [2.75, 3.05) is 46.4 Å². The molecule has 2 N–H and O–H groups in total. The number of aryl methyl sites for hydroxylation is 1. The van der Waals surface area contributed by atoms with Crippen LogP contribution >= 0.6 is 0 Å². The molecule has 1 aromatic rings. The second kappa shape index (κ2) is 9.84. The lowest BCUT2D eigenvalue weighted by Crippen LogP contribution is -2.54. The molecule has 2 aliphatic heterocycles. The number of carbonyl (C=O) groups is 1. The van der Waals surface area contributed by atoms with Crippen LogP contribution in [0.3, 0.4) is 0 Å². The van der Waals surface area contributed by atoms with E-state index in [1.165, 1.54) is 6.07 Å². The van der Waals surface area contributed by atoms with Crippen LogP contribution in [-0.2, 0) is 9.47 Å². The lowest BCUT2D eigenvalue weighted by atomic mass is 10.1. The van der Waals surface area contributed by atoms with Gasteiger partial charge in [-0.3, -0.25) is 9.79 Å². The Morgan fingerprint density at radius 1 is 1.25 bits per heavy atom. The zero-order valence-corrected chi connectivity index (χ0v) is 16.5. The van der Waals surface area contributed by atoms with E-state index in [4.69, 9.17) is 9.47 Å². The first kappa shape index (κ1) is 20.5. The summed E-state index contributed by atoms with van der Waals surface area (Å²) >= 11 is 0. The number of carbonyl (C=O) groups excluding carboxylic acids is 1. The number of halogens is 1. The first-order valence-corrected chi connectivity index (χ1v) is 9.81. The molecule has 0 spiro atoms. The summed E-state index contributed by atoms with van der Waals surface area (Å²) in [5.74, 6) is 0.113. The van der Waals surface area contributed by atoms with Gasteiger partial charge in [0.05, 0.1) is 12.7 Å². The van der Waals surface area contributed by atoms with Crippen LogP contribution in [0.5, 0.6) is 0 Å². The molecule has 2 atom stereocenters. The normalized spacial score (nSPS) is 23.0. The van der Waals surface area contributed by atoms with Crippen molar-refractivity contribution >= 4 is 11.9 Å². The number of rotatable bonds is 5. The Balaban J connectivity index is 1.43. The van der Waals surface area contributed by atoms with Crippen LogP contribution < -0.4 is 10.6 Å². The molecule has 1 amide bonds. The van der Waals surface area contributed by atoms with Gasteiger partial charge in [0, 0.05) is 45.4 Å². The summed E-state index contributed by atoms with van der Waals surface area (Å²) in [7, 11) is 1.74. The number of guanidine groups is 1. The minimum absolute atomic E-state index is 0.0611. The summed E-state index contributed by atoms with van der Waals surface area (Å²) in [5.41, 5.74) is 0.842. The molecule has 0 saturated carbocycles. The summed E-state index contributed by atoms with van der Waals surface area (Å²) < 4.78 is 25.2. The van der Waals surface area contributed by atoms with E-state index in [2.05, 4.69) is 20.5 Å². The van der Waals surface area contributed by atoms with Gasteiger partial charge in [-0.05, 0) is 37.5 Å². The van der Waals surface area contributed by atoms with E-state index in [1.807, 2.05) is 0 Å². The maximum absolute atomic E-state index is 13.6. The molecule has 28 heavy (non-hydrogen) atoms. The van der Waals surface area contributed by atoms with Crippen LogP contribution in [-0.4, -0.2) is 75.4 Å². The van der Waals surface area contributed by atoms with Crippen LogP contribution in [0.1, 0.15) is 28.8 Å². The van der Waals surface area contributed by atoms with Gasteiger partial charge >= 0.3 is 0 Å². The molecule has 2 fully saturated rings. The summed E-state index contributed by atoms with van der Waals surface area (Å²) in [5, 5.41) is 6.06. The van der Waals surface area contributed by atoms with Crippen molar-refractivity contribution in [2.24, 2.45) is 4.99 Å². The molecule has 3 rings (SSSR count). The van der Waals surface area contributed by atoms with E-state index in [9.17, 15) is 9.18 Å². The Kier molecular flexibility index (Phi) is 7.22. The van der Waals surface area contributed by atoms with Crippen LogP contribution in [0.15, 0.2) is 23.2 Å². The summed E-state index contributed by atoms with van der Waals surface area (Å²) in [6.07, 6.45) is 2.35. The third kappa shape index (κ3) is 5.20. The molecule has 154 valence electrons. The third-order valence-electron chi connectivity index (χ3n) is 5.11. The van der Waals surface area contributed by atoms with Crippen LogP contribution in [0.4, 0.5) is 4.39 Å².